The summed E-state index contributed by atoms with van der Waals surface area (Å²) in [5.74, 6) is 2.99. The van der Waals surface area contributed by atoms with Crippen LogP contribution in [0, 0.1) is 12.3 Å². The highest BCUT2D eigenvalue weighted by Crippen LogP contribution is 2.19. The lowest BCUT2D eigenvalue weighted by molar-refractivity contribution is 0.762. The minimum Gasteiger partial charge on any atom is -0.280 e. The molecular formula is C15H13ClN2O. The molecule has 0 amide bonds. The molecule has 0 N–H and O–H groups in total. The molecule has 0 aliphatic carbocycles. The molecule has 3 nitrogen and oxygen atoms in total. The number of hydrogen-bond acceptors (Lipinski definition) is 2. The highest BCUT2D eigenvalue weighted by Gasteiger charge is 2.14. The van der Waals surface area contributed by atoms with Gasteiger partial charge in [-0.25, -0.2) is 4.98 Å². The van der Waals surface area contributed by atoms with Crippen LogP contribution in [0.2, 0.25) is 5.15 Å². The van der Waals surface area contributed by atoms with Gasteiger partial charge in [-0.2, -0.15) is 0 Å². The minimum absolute atomic E-state index is 0.167. The van der Waals surface area contributed by atoms with E-state index in [1.165, 1.54) is 4.57 Å². The molecule has 19 heavy (non-hydrogen) atoms. The molecule has 0 fully saturated rings. The molecule has 2 aromatic rings. The number of benzene rings is 1. The molecular weight excluding hydrogens is 260 g/mol. The Bertz CT molecular complexity index is 684. The van der Waals surface area contributed by atoms with Crippen LogP contribution in [0.4, 0.5) is 0 Å². The topological polar surface area (TPSA) is 34.9 Å². The van der Waals surface area contributed by atoms with E-state index in [2.05, 4.69) is 10.9 Å². The van der Waals surface area contributed by atoms with Crippen molar-refractivity contribution in [3.05, 3.63) is 51.4 Å². The first kappa shape index (κ1) is 13.4. The van der Waals surface area contributed by atoms with Crippen molar-refractivity contribution in [3.8, 4) is 23.7 Å². The van der Waals surface area contributed by atoms with Gasteiger partial charge in [0.05, 0.1) is 12.1 Å². The highest BCUT2D eigenvalue weighted by molar-refractivity contribution is 6.30. The van der Waals surface area contributed by atoms with Gasteiger partial charge in [-0.05, 0) is 6.42 Å². The zero-order valence-electron chi connectivity index (χ0n) is 10.6. The van der Waals surface area contributed by atoms with E-state index in [-0.39, 0.29) is 17.3 Å². The van der Waals surface area contributed by atoms with Gasteiger partial charge in [-0.3, -0.25) is 9.36 Å². The molecule has 0 radical (unpaired) electrons. The third kappa shape index (κ3) is 2.54. The average Bonchev–Trinajstić information content (AvgIpc) is 2.43. The lowest BCUT2D eigenvalue weighted by Gasteiger charge is -2.12. The Morgan fingerprint density at radius 1 is 1.37 bits per heavy atom. The summed E-state index contributed by atoms with van der Waals surface area (Å²) in [7, 11) is 0. The first-order chi connectivity index (χ1) is 9.19. The predicted molar refractivity (Wildman–Crippen MR) is 77.2 cm³/mol. The van der Waals surface area contributed by atoms with Crippen LogP contribution in [-0.2, 0) is 13.0 Å². The number of rotatable bonds is 3. The predicted octanol–water partition coefficient (Wildman–Crippen LogP) is 2.76. The van der Waals surface area contributed by atoms with E-state index in [9.17, 15) is 4.79 Å². The van der Waals surface area contributed by atoms with Crippen molar-refractivity contribution in [1.29, 1.82) is 0 Å². The Hall–Kier alpha value is -2.05. The van der Waals surface area contributed by atoms with Gasteiger partial charge in [-0.1, -0.05) is 54.8 Å². The van der Waals surface area contributed by atoms with E-state index in [0.29, 0.717) is 17.8 Å². The van der Waals surface area contributed by atoms with Crippen LogP contribution in [0.25, 0.3) is 11.4 Å². The number of aromatic nitrogens is 2. The monoisotopic (exact) mass is 272 g/mol. The lowest BCUT2D eigenvalue weighted by atomic mass is 10.2. The Labute approximate surface area is 116 Å². The molecule has 0 unspecified atom stereocenters. The fraction of sp³-hybridized carbons (Fsp3) is 0.200. The van der Waals surface area contributed by atoms with Gasteiger partial charge in [0, 0.05) is 5.56 Å². The maximum Gasteiger partial charge on any atom is 0.259 e. The summed E-state index contributed by atoms with van der Waals surface area (Å²) in [6.45, 7) is 2.05. The summed E-state index contributed by atoms with van der Waals surface area (Å²) in [6.07, 6.45) is 5.87. The Balaban J connectivity index is 2.75. The molecule has 1 aromatic carbocycles. The van der Waals surface area contributed by atoms with Gasteiger partial charge in [-0.15, -0.1) is 6.42 Å². The standard InChI is InChI=1S/C15H13ClN2O/c1-3-10-18-14(11-8-6-5-7-9-11)17-13(16)12(4-2)15(18)19/h1,5-9H,4,10H2,2H3. The first-order valence-electron chi connectivity index (χ1n) is 5.97. The van der Waals surface area contributed by atoms with Crippen LogP contribution < -0.4 is 5.56 Å². The van der Waals surface area contributed by atoms with Crippen LogP contribution >= 0.6 is 11.6 Å². The molecule has 0 bridgehead atoms. The Morgan fingerprint density at radius 2 is 2.05 bits per heavy atom. The summed E-state index contributed by atoms with van der Waals surface area (Å²) in [5.41, 5.74) is 1.15. The molecule has 1 heterocycles. The fourth-order valence-corrected chi connectivity index (χ4v) is 2.21. The minimum atomic E-state index is -0.167. The van der Waals surface area contributed by atoms with E-state index in [4.69, 9.17) is 18.0 Å². The summed E-state index contributed by atoms with van der Waals surface area (Å²) in [5, 5.41) is 0.250. The van der Waals surface area contributed by atoms with E-state index >= 15 is 0 Å². The van der Waals surface area contributed by atoms with E-state index < -0.39 is 0 Å². The van der Waals surface area contributed by atoms with Gasteiger partial charge >= 0.3 is 0 Å². The van der Waals surface area contributed by atoms with Crippen LogP contribution in [0.5, 0.6) is 0 Å². The number of nitrogens with zero attached hydrogens (tertiary/aromatic N) is 2. The van der Waals surface area contributed by atoms with Gasteiger partial charge in [0.15, 0.2) is 0 Å². The second-order valence-electron chi connectivity index (χ2n) is 4.02. The van der Waals surface area contributed by atoms with Crippen molar-refractivity contribution in [2.24, 2.45) is 0 Å². The number of hydrogen-bond donors (Lipinski definition) is 0. The van der Waals surface area contributed by atoms with E-state index in [0.717, 1.165) is 5.56 Å². The van der Waals surface area contributed by atoms with Crippen molar-refractivity contribution in [2.75, 3.05) is 0 Å². The number of terminal acetylenes is 1. The van der Waals surface area contributed by atoms with Gasteiger partial charge in [0.2, 0.25) is 0 Å². The van der Waals surface area contributed by atoms with Gasteiger partial charge in [0.1, 0.15) is 11.0 Å². The quantitative estimate of drug-likeness (QED) is 0.636. The summed E-state index contributed by atoms with van der Waals surface area (Å²) in [6, 6.07) is 9.40. The van der Waals surface area contributed by atoms with E-state index in [1.807, 2.05) is 37.3 Å². The summed E-state index contributed by atoms with van der Waals surface area (Å²) in [4.78, 5) is 16.7. The lowest BCUT2D eigenvalue weighted by Crippen LogP contribution is -2.26. The van der Waals surface area contributed by atoms with Crippen molar-refractivity contribution < 1.29 is 0 Å². The summed E-state index contributed by atoms with van der Waals surface area (Å²) >= 11 is 6.08. The van der Waals surface area contributed by atoms with Crippen molar-refractivity contribution in [2.45, 2.75) is 19.9 Å². The first-order valence-corrected chi connectivity index (χ1v) is 6.35. The molecule has 2 rings (SSSR count). The highest BCUT2D eigenvalue weighted by atomic mass is 35.5. The summed E-state index contributed by atoms with van der Waals surface area (Å²) < 4.78 is 1.49. The smallest absolute Gasteiger partial charge is 0.259 e. The van der Waals surface area contributed by atoms with Crippen LogP contribution in [0.15, 0.2) is 35.1 Å². The molecule has 0 aliphatic rings. The van der Waals surface area contributed by atoms with Crippen LogP contribution in [0.1, 0.15) is 12.5 Å². The fourth-order valence-electron chi connectivity index (χ4n) is 1.91. The average molecular weight is 273 g/mol. The van der Waals surface area contributed by atoms with E-state index in [1.54, 1.807) is 0 Å². The Morgan fingerprint density at radius 3 is 2.63 bits per heavy atom. The maximum atomic E-state index is 12.3. The molecule has 0 spiro atoms. The van der Waals surface area contributed by atoms with Crippen LogP contribution in [-0.4, -0.2) is 9.55 Å². The third-order valence-corrected chi connectivity index (χ3v) is 3.16. The maximum absolute atomic E-state index is 12.3. The molecule has 0 atom stereocenters. The largest absolute Gasteiger partial charge is 0.280 e. The molecule has 0 aliphatic heterocycles. The molecule has 1 aromatic heterocycles. The van der Waals surface area contributed by atoms with Crippen molar-refractivity contribution in [1.82, 2.24) is 9.55 Å². The van der Waals surface area contributed by atoms with Crippen LogP contribution in [0.3, 0.4) is 0 Å². The second-order valence-corrected chi connectivity index (χ2v) is 4.38. The van der Waals surface area contributed by atoms with Gasteiger partial charge in [0.25, 0.3) is 5.56 Å². The second kappa shape index (κ2) is 5.73. The zero-order chi connectivity index (χ0) is 13.8. The molecule has 4 heteroatoms. The number of halogens is 1. The molecule has 0 saturated carbocycles. The zero-order valence-corrected chi connectivity index (χ0v) is 11.3. The van der Waals surface area contributed by atoms with Gasteiger partial charge < -0.3 is 0 Å². The Kier molecular flexibility index (Phi) is 4.03. The molecule has 96 valence electrons. The normalized spacial score (nSPS) is 10.2. The SMILES string of the molecule is C#CCn1c(-c2ccccc2)nc(Cl)c(CC)c1=O. The van der Waals surface area contributed by atoms with Crippen molar-refractivity contribution in [3.63, 3.8) is 0 Å². The third-order valence-electron chi connectivity index (χ3n) is 2.85. The molecule has 0 saturated heterocycles. The van der Waals surface area contributed by atoms with Crippen molar-refractivity contribution >= 4 is 11.6 Å².